The summed E-state index contributed by atoms with van der Waals surface area (Å²) >= 11 is 0. The van der Waals surface area contributed by atoms with Gasteiger partial charge >= 0.3 is 6.03 Å². The van der Waals surface area contributed by atoms with Crippen LogP contribution in [0.5, 0.6) is 11.5 Å². The van der Waals surface area contributed by atoms with Crippen LogP contribution in [0.2, 0.25) is 0 Å². The van der Waals surface area contributed by atoms with Gasteiger partial charge in [-0.1, -0.05) is 0 Å². The first-order valence-electron chi connectivity index (χ1n) is 9.60. The van der Waals surface area contributed by atoms with E-state index in [0.29, 0.717) is 19.6 Å². The smallest absolute Gasteiger partial charge is 0.319 e. The fourth-order valence-electron chi connectivity index (χ4n) is 3.50. The van der Waals surface area contributed by atoms with Crippen LogP contribution >= 0.6 is 0 Å². The maximum absolute atomic E-state index is 12.6. The van der Waals surface area contributed by atoms with Gasteiger partial charge in [-0.15, -0.1) is 0 Å². The number of fused-ring (bicyclic) bond motifs is 2. The predicted molar refractivity (Wildman–Crippen MR) is 108 cm³/mol. The first-order valence-corrected chi connectivity index (χ1v) is 9.60. The molecule has 2 amide bonds. The SMILES string of the molecule is CCOc1ccc2c(c1)C(NC(=O)Nc1ccc3cnn(CC)c3c1)CCO2. The average molecular weight is 380 g/mol. The number of rotatable bonds is 5. The van der Waals surface area contributed by atoms with Gasteiger partial charge in [0.15, 0.2) is 0 Å². The van der Waals surface area contributed by atoms with Gasteiger partial charge in [-0.2, -0.15) is 5.10 Å². The van der Waals surface area contributed by atoms with Crippen LogP contribution in [-0.4, -0.2) is 29.0 Å². The lowest BCUT2D eigenvalue weighted by molar-refractivity contribution is 0.231. The summed E-state index contributed by atoms with van der Waals surface area (Å²) in [7, 11) is 0. The fourth-order valence-corrected chi connectivity index (χ4v) is 3.50. The molecule has 0 saturated carbocycles. The standard InChI is InChI=1S/C21H24N4O3/c1-3-25-19-11-15(6-5-14(19)13-22-25)23-21(26)24-18-9-10-28-20-8-7-16(27-4-2)12-17(18)20/h5-8,11-13,18H,3-4,9-10H2,1-2H3,(H2,23,24,26). The van der Waals surface area contributed by atoms with Gasteiger partial charge in [-0.05, 0) is 50.2 Å². The van der Waals surface area contributed by atoms with Gasteiger partial charge in [0.2, 0.25) is 0 Å². The molecule has 1 unspecified atom stereocenters. The van der Waals surface area contributed by atoms with Crippen molar-refractivity contribution in [2.75, 3.05) is 18.5 Å². The molecular formula is C21H24N4O3. The first-order chi connectivity index (χ1) is 13.7. The number of carbonyl (C=O) groups is 1. The number of ether oxygens (including phenoxy) is 2. The maximum Gasteiger partial charge on any atom is 0.319 e. The second kappa shape index (κ2) is 7.80. The Morgan fingerprint density at radius 3 is 3.00 bits per heavy atom. The molecule has 1 aromatic heterocycles. The molecule has 0 aliphatic carbocycles. The van der Waals surface area contributed by atoms with Gasteiger partial charge in [0.1, 0.15) is 11.5 Å². The molecule has 1 atom stereocenters. The summed E-state index contributed by atoms with van der Waals surface area (Å²) in [6, 6.07) is 11.1. The Kier molecular flexibility index (Phi) is 5.06. The third-order valence-corrected chi connectivity index (χ3v) is 4.84. The Labute approximate surface area is 163 Å². The molecule has 7 heteroatoms. The van der Waals surface area contributed by atoms with E-state index in [2.05, 4.69) is 15.7 Å². The van der Waals surface area contributed by atoms with E-state index in [1.54, 1.807) is 0 Å². The van der Waals surface area contributed by atoms with E-state index < -0.39 is 0 Å². The van der Waals surface area contributed by atoms with Crippen LogP contribution in [0.25, 0.3) is 10.9 Å². The summed E-state index contributed by atoms with van der Waals surface area (Å²) in [5, 5.41) is 11.4. The van der Waals surface area contributed by atoms with E-state index in [-0.39, 0.29) is 12.1 Å². The number of aromatic nitrogens is 2. The Morgan fingerprint density at radius 2 is 2.18 bits per heavy atom. The number of nitrogens with one attached hydrogen (secondary N) is 2. The molecule has 3 aromatic rings. The molecule has 0 bridgehead atoms. The quantitative estimate of drug-likeness (QED) is 0.699. The van der Waals surface area contributed by atoms with Crippen LogP contribution in [0.3, 0.4) is 0 Å². The van der Waals surface area contributed by atoms with Gasteiger partial charge in [0.25, 0.3) is 0 Å². The van der Waals surface area contributed by atoms with Crippen molar-refractivity contribution in [3.63, 3.8) is 0 Å². The highest BCUT2D eigenvalue weighted by molar-refractivity contribution is 5.92. The van der Waals surface area contributed by atoms with Crippen LogP contribution in [0.1, 0.15) is 31.9 Å². The van der Waals surface area contributed by atoms with Crippen LogP contribution in [0, 0.1) is 0 Å². The van der Waals surface area contributed by atoms with E-state index in [4.69, 9.17) is 9.47 Å². The summed E-state index contributed by atoms with van der Waals surface area (Å²) in [5.74, 6) is 1.56. The summed E-state index contributed by atoms with van der Waals surface area (Å²) in [6.07, 6.45) is 2.54. The second-order valence-electron chi connectivity index (χ2n) is 6.65. The van der Waals surface area contributed by atoms with Gasteiger partial charge < -0.3 is 20.1 Å². The molecule has 4 rings (SSSR count). The Morgan fingerprint density at radius 1 is 1.29 bits per heavy atom. The largest absolute Gasteiger partial charge is 0.494 e. The van der Waals surface area contributed by atoms with Crippen molar-refractivity contribution in [2.24, 2.45) is 0 Å². The minimum absolute atomic E-state index is 0.131. The molecule has 0 saturated heterocycles. The zero-order chi connectivity index (χ0) is 19.5. The van der Waals surface area contributed by atoms with E-state index in [1.807, 2.05) is 61.1 Å². The highest BCUT2D eigenvalue weighted by Crippen LogP contribution is 2.35. The number of carbonyl (C=O) groups excluding carboxylic acids is 1. The van der Waals surface area contributed by atoms with Crippen molar-refractivity contribution < 1.29 is 14.3 Å². The molecule has 1 aliphatic heterocycles. The monoisotopic (exact) mass is 380 g/mol. The van der Waals surface area contributed by atoms with Gasteiger partial charge in [0, 0.05) is 29.6 Å². The van der Waals surface area contributed by atoms with Crippen LogP contribution in [0.4, 0.5) is 10.5 Å². The number of hydrogen-bond donors (Lipinski definition) is 2. The minimum atomic E-state index is -0.249. The minimum Gasteiger partial charge on any atom is -0.494 e. The summed E-state index contributed by atoms with van der Waals surface area (Å²) in [4.78, 5) is 12.6. The lowest BCUT2D eigenvalue weighted by Crippen LogP contribution is -2.35. The Balaban J connectivity index is 1.49. The zero-order valence-corrected chi connectivity index (χ0v) is 16.1. The molecule has 2 heterocycles. The van der Waals surface area contributed by atoms with Crippen LogP contribution in [0.15, 0.2) is 42.6 Å². The summed E-state index contributed by atoms with van der Waals surface area (Å²) in [6.45, 7) is 5.92. The van der Waals surface area contributed by atoms with Crippen LogP contribution < -0.4 is 20.1 Å². The normalized spacial score (nSPS) is 15.6. The second-order valence-corrected chi connectivity index (χ2v) is 6.65. The third kappa shape index (κ3) is 3.60. The van der Waals surface area contributed by atoms with E-state index in [0.717, 1.165) is 40.2 Å². The molecule has 146 valence electrons. The number of benzene rings is 2. The lowest BCUT2D eigenvalue weighted by Gasteiger charge is -2.27. The van der Waals surface area contributed by atoms with E-state index in [9.17, 15) is 4.79 Å². The van der Waals surface area contributed by atoms with Crippen molar-refractivity contribution in [3.8, 4) is 11.5 Å². The first kappa shape index (κ1) is 18.2. The van der Waals surface area contributed by atoms with Crippen molar-refractivity contribution in [1.29, 1.82) is 0 Å². The summed E-state index contributed by atoms with van der Waals surface area (Å²) < 4.78 is 13.2. The van der Waals surface area contributed by atoms with Crippen molar-refractivity contribution >= 4 is 22.6 Å². The molecule has 1 aliphatic rings. The molecule has 0 fully saturated rings. The van der Waals surface area contributed by atoms with Crippen molar-refractivity contribution in [2.45, 2.75) is 32.9 Å². The number of hydrogen-bond acceptors (Lipinski definition) is 4. The van der Waals surface area contributed by atoms with Crippen LogP contribution in [-0.2, 0) is 6.54 Å². The number of amides is 2. The van der Waals surface area contributed by atoms with Gasteiger partial charge in [-0.25, -0.2) is 4.79 Å². The predicted octanol–water partition coefficient (Wildman–Crippen LogP) is 4.10. The zero-order valence-electron chi connectivity index (χ0n) is 16.1. The molecule has 2 aromatic carbocycles. The number of urea groups is 1. The highest BCUT2D eigenvalue weighted by atomic mass is 16.5. The van der Waals surface area contributed by atoms with E-state index in [1.165, 1.54) is 0 Å². The van der Waals surface area contributed by atoms with Gasteiger partial charge in [0.05, 0.1) is 31.0 Å². The molecule has 0 spiro atoms. The topological polar surface area (TPSA) is 77.4 Å². The molecule has 0 radical (unpaired) electrons. The number of nitrogens with zero attached hydrogens (tertiary/aromatic N) is 2. The van der Waals surface area contributed by atoms with Gasteiger partial charge in [-0.3, -0.25) is 4.68 Å². The number of anilines is 1. The molecule has 7 nitrogen and oxygen atoms in total. The summed E-state index contributed by atoms with van der Waals surface area (Å²) in [5.41, 5.74) is 2.67. The number of aryl methyl sites for hydroxylation is 1. The Bertz CT molecular complexity index is 998. The lowest BCUT2D eigenvalue weighted by atomic mass is 10.0. The highest BCUT2D eigenvalue weighted by Gasteiger charge is 2.24. The van der Waals surface area contributed by atoms with Crippen molar-refractivity contribution in [1.82, 2.24) is 15.1 Å². The van der Waals surface area contributed by atoms with E-state index >= 15 is 0 Å². The molecular weight excluding hydrogens is 356 g/mol. The third-order valence-electron chi connectivity index (χ3n) is 4.84. The average Bonchev–Trinajstić information content (AvgIpc) is 3.11. The fraction of sp³-hybridized carbons (Fsp3) is 0.333. The molecule has 2 N–H and O–H groups in total. The molecule has 28 heavy (non-hydrogen) atoms. The van der Waals surface area contributed by atoms with Crippen molar-refractivity contribution in [3.05, 3.63) is 48.2 Å². The maximum atomic E-state index is 12.6. The Hall–Kier alpha value is -3.22.